The van der Waals surface area contributed by atoms with E-state index in [1.807, 2.05) is 19.0 Å². The fourth-order valence-electron chi connectivity index (χ4n) is 1.53. The molecule has 1 aromatic carbocycles. The van der Waals surface area contributed by atoms with Gasteiger partial charge < -0.3 is 15.0 Å². The van der Waals surface area contributed by atoms with Gasteiger partial charge in [-0.3, -0.25) is 10.1 Å². The summed E-state index contributed by atoms with van der Waals surface area (Å²) in [7, 11) is 3.95. The fourth-order valence-corrected chi connectivity index (χ4v) is 1.53. The number of nitro benzene ring substituents is 1. The lowest BCUT2D eigenvalue weighted by Gasteiger charge is -2.10. The zero-order chi connectivity index (χ0) is 15.0. The van der Waals surface area contributed by atoms with Gasteiger partial charge in [0.1, 0.15) is 0 Å². The van der Waals surface area contributed by atoms with Crippen LogP contribution in [0, 0.1) is 15.9 Å². The van der Waals surface area contributed by atoms with E-state index in [4.69, 9.17) is 4.74 Å². The second-order valence-electron chi connectivity index (χ2n) is 4.64. The number of ether oxygens (including phenoxy) is 1. The molecule has 0 unspecified atom stereocenters. The van der Waals surface area contributed by atoms with Crippen molar-refractivity contribution >= 4 is 5.69 Å². The van der Waals surface area contributed by atoms with E-state index < -0.39 is 16.4 Å². The van der Waals surface area contributed by atoms with Crippen LogP contribution in [0.4, 0.5) is 10.1 Å². The monoisotopic (exact) mass is 285 g/mol. The molecule has 0 aliphatic rings. The average molecular weight is 285 g/mol. The molecule has 0 heterocycles. The maximum atomic E-state index is 13.4. The van der Waals surface area contributed by atoms with Gasteiger partial charge in [0.25, 0.3) is 0 Å². The van der Waals surface area contributed by atoms with Crippen LogP contribution in [-0.2, 0) is 11.3 Å². The van der Waals surface area contributed by atoms with Crippen LogP contribution in [0.1, 0.15) is 5.56 Å². The first-order chi connectivity index (χ1) is 9.50. The molecule has 0 amide bonds. The molecule has 0 radical (unpaired) electrons. The third-order valence-corrected chi connectivity index (χ3v) is 2.64. The number of likely N-dealkylation sites (N-methyl/N-ethyl adjacent to an activating group) is 1. The van der Waals surface area contributed by atoms with Gasteiger partial charge >= 0.3 is 5.69 Å². The Morgan fingerprint density at radius 1 is 1.40 bits per heavy atom. The summed E-state index contributed by atoms with van der Waals surface area (Å²) in [5, 5.41) is 13.6. The number of hydrogen-bond donors (Lipinski definition) is 1. The first-order valence-corrected chi connectivity index (χ1v) is 6.36. The Labute approximate surface area is 117 Å². The van der Waals surface area contributed by atoms with Crippen LogP contribution in [0.15, 0.2) is 18.2 Å². The minimum Gasteiger partial charge on any atom is -0.379 e. The standard InChI is InChI=1S/C13H20FN3O3/c1-16(2)6-8-20-7-5-15-10-11-3-4-13(17(18)19)12(14)9-11/h3-4,9,15H,5-8,10H2,1-2H3. The van der Waals surface area contributed by atoms with Crippen LogP contribution in [0.3, 0.4) is 0 Å². The summed E-state index contributed by atoms with van der Waals surface area (Å²) in [5.41, 5.74) is 0.169. The quantitative estimate of drug-likeness (QED) is 0.422. The molecule has 0 saturated heterocycles. The Morgan fingerprint density at radius 2 is 2.15 bits per heavy atom. The lowest BCUT2D eigenvalue weighted by Crippen LogP contribution is -2.23. The highest BCUT2D eigenvalue weighted by molar-refractivity contribution is 5.34. The van der Waals surface area contributed by atoms with E-state index >= 15 is 0 Å². The van der Waals surface area contributed by atoms with E-state index in [1.54, 1.807) is 6.07 Å². The summed E-state index contributed by atoms with van der Waals surface area (Å²) in [5.74, 6) is -0.809. The predicted octanol–water partition coefficient (Wildman–Crippen LogP) is 1.40. The minimum absolute atomic E-state index is 0.450. The number of rotatable bonds is 9. The number of nitrogens with zero attached hydrogens (tertiary/aromatic N) is 2. The number of hydrogen-bond acceptors (Lipinski definition) is 5. The van der Waals surface area contributed by atoms with Crippen molar-refractivity contribution in [1.29, 1.82) is 0 Å². The Morgan fingerprint density at radius 3 is 2.75 bits per heavy atom. The number of benzene rings is 1. The van der Waals surface area contributed by atoms with Gasteiger partial charge in [-0.1, -0.05) is 6.07 Å². The van der Waals surface area contributed by atoms with Gasteiger partial charge in [0.05, 0.1) is 18.1 Å². The van der Waals surface area contributed by atoms with E-state index in [0.29, 0.717) is 31.9 Å². The first kappa shape index (κ1) is 16.5. The zero-order valence-electron chi connectivity index (χ0n) is 11.8. The topological polar surface area (TPSA) is 67.6 Å². The van der Waals surface area contributed by atoms with Gasteiger partial charge in [-0.05, 0) is 25.7 Å². The second-order valence-corrected chi connectivity index (χ2v) is 4.64. The van der Waals surface area contributed by atoms with Gasteiger partial charge in [-0.25, -0.2) is 0 Å². The smallest absolute Gasteiger partial charge is 0.304 e. The van der Waals surface area contributed by atoms with Crippen LogP contribution < -0.4 is 5.32 Å². The number of nitro groups is 1. The van der Waals surface area contributed by atoms with Crippen LogP contribution in [0.2, 0.25) is 0 Å². The normalized spacial score (nSPS) is 11.0. The minimum atomic E-state index is -0.809. The molecule has 0 spiro atoms. The highest BCUT2D eigenvalue weighted by Gasteiger charge is 2.13. The summed E-state index contributed by atoms with van der Waals surface area (Å²) in [6.07, 6.45) is 0. The molecule has 0 saturated carbocycles. The maximum Gasteiger partial charge on any atom is 0.304 e. The lowest BCUT2D eigenvalue weighted by atomic mass is 10.2. The molecule has 1 aromatic rings. The van der Waals surface area contributed by atoms with E-state index in [9.17, 15) is 14.5 Å². The average Bonchev–Trinajstić information content (AvgIpc) is 2.37. The van der Waals surface area contributed by atoms with E-state index in [-0.39, 0.29) is 0 Å². The molecule has 0 aliphatic carbocycles. The lowest BCUT2D eigenvalue weighted by molar-refractivity contribution is -0.387. The van der Waals surface area contributed by atoms with Crippen molar-refractivity contribution in [2.45, 2.75) is 6.54 Å². The Kier molecular flexibility index (Phi) is 7.06. The highest BCUT2D eigenvalue weighted by Crippen LogP contribution is 2.17. The Balaban J connectivity index is 2.22. The van der Waals surface area contributed by atoms with Crippen molar-refractivity contribution in [2.75, 3.05) is 40.4 Å². The molecule has 0 aliphatic heterocycles. The summed E-state index contributed by atoms with van der Waals surface area (Å²) < 4.78 is 18.7. The molecule has 0 aromatic heterocycles. The van der Waals surface area contributed by atoms with Gasteiger partial charge in [0.15, 0.2) is 0 Å². The molecule has 20 heavy (non-hydrogen) atoms. The SMILES string of the molecule is CN(C)CCOCCNCc1ccc([N+](=O)[O-])c(F)c1. The fraction of sp³-hybridized carbons (Fsp3) is 0.538. The van der Waals surface area contributed by atoms with E-state index in [0.717, 1.165) is 6.54 Å². The largest absolute Gasteiger partial charge is 0.379 e. The Hall–Kier alpha value is -1.57. The molecule has 1 rings (SSSR count). The maximum absolute atomic E-state index is 13.4. The molecule has 112 valence electrons. The number of halogens is 1. The summed E-state index contributed by atoms with van der Waals surface area (Å²) in [6.45, 7) is 3.20. The molecule has 7 heteroatoms. The van der Waals surface area contributed by atoms with Crippen LogP contribution in [-0.4, -0.2) is 50.2 Å². The third kappa shape index (κ3) is 6.05. The van der Waals surface area contributed by atoms with E-state index in [1.165, 1.54) is 12.1 Å². The number of nitrogens with one attached hydrogen (secondary N) is 1. The predicted molar refractivity (Wildman–Crippen MR) is 74.1 cm³/mol. The first-order valence-electron chi connectivity index (χ1n) is 6.36. The van der Waals surface area contributed by atoms with E-state index in [2.05, 4.69) is 5.32 Å². The third-order valence-electron chi connectivity index (χ3n) is 2.64. The molecule has 0 atom stereocenters. The summed E-state index contributed by atoms with van der Waals surface area (Å²) >= 11 is 0. The van der Waals surface area contributed by atoms with Crippen LogP contribution in [0.25, 0.3) is 0 Å². The highest BCUT2D eigenvalue weighted by atomic mass is 19.1. The Bertz CT molecular complexity index is 441. The van der Waals surface area contributed by atoms with Crippen LogP contribution in [0.5, 0.6) is 0 Å². The molecule has 6 nitrogen and oxygen atoms in total. The molecule has 0 bridgehead atoms. The van der Waals surface area contributed by atoms with Crippen molar-refractivity contribution in [3.8, 4) is 0 Å². The molecule has 0 fully saturated rings. The van der Waals surface area contributed by atoms with Crippen molar-refractivity contribution < 1.29 is 14.1 Å². The van der Waals surface area contributed by atoms with Crippen molar-refractivity contribution in [3.63, 3.8) is 0 Å². The van der Waals surface area contributed by atoms with Crippen LogP contribution >= 0.6 is 0 Å². The summed E-state index contributed by atoms with van der Waals surface area (Å²) in [4.78, 5) is 11.8. The second kappa shape index (κ2) is 8.57. The van der Waals surface area contributed by atoms with Gasteiger partial charge in [-0.2, -0.15) is 4.39 Å². The van der Waals surface area contributed by atoms with Gasteiger partial charge in [0, 0.05) is 25.7 Å². The molecular weight excluding hydrogens is 265 g/mol. The van der Waals surface area contributed by atoms with Gasteiger partial charge in [-0.15, -0.1) is 0 Å². The van der Waals surface area contributed by atoms with Crippen molar-refractivity contribution in [2.24, 2.45) is 0 Å². The van der Waals surface area contributed by atoms with Crippen molar-refractivity contribution in [3.05, 3.63) is 39.7 Å². The summed E-state index contributed by atoms with van der Waals surface area (Å²) in [6, 6.07) is 3.90. The zero-order valence-corrected chi connectivity index (χ0v) is 11.8. The van der Waals surface area contributed by atoms with Gasteiger partial charge in [0.2, 0.25) is 5.82 Å². The molecule has 1 N–H and O–H groups in total. The molecular formula is C13H20FN3O3. The van der Waals surface area contributed by atoms with Crippen molar-refractivity contribution in [1.82, 2.24) is 10.2 Å².